The molecular formula is C22H29LiO5P+. The van der Waals surface area contributed by atoms with E-state index in [0.29, 0.717) is 35.3 Å². The fourth-order valence-corrected chi connectivity index (χ4v) is 3.74. The van der Waals surface area contributed by atoms with Crippen LogP contribution in [0.15, 0.2) is 30.3 Å². The van der Waals surface area contributed by atoms with Crippen molar-refractivity contribution in [3.05, 3.63) is 41.5 Å². The minimum atomic E-state index is -0.0498. The minimum Gasteiger partial charge on any atom is -0.496 e. The molecule has 2 aromatic rings. The van der Waals surface area contributed by atoms with E-state index in [4.69, 9.17) is 18.9 Å². The van der Waals surface area contributed by atoms with Crippen LogP contribution in [0.4, 0.5) is 0 Å². The van der Waals surface area contributed by atoms with E-state index in [1.54, 1.807) is 19.2 Å². The van der Waals surface area contributed by atoms with E-state index in [1.165, 1.54) is 14.2 Å². The maximum absolute atomic E-state index is 13.0. The smallest absolute Gasteiger partial charge is 0.496 e. The average molecular weight is 411 g/mol. The Balaban J connectivity index is 0.00000420. The van der Waals surface area contributed by atoms with E-state index in [9.17, 15) is 4.79 Å². The van der Waals surface area contributed by atoms with Crippen LogP contribution in [0.2, 0.25) is 0 Å². The second-order valence-corrected chi connectivity index (χ2v) is 8.11. The van der Waals surface area contributed by atoms with Gasteiger partial charge in [0.25, 0.3) is 0 Å². The molecule has 0 heterocycles. The third kappa shape index (κ3) is 6.96. The van der Waals surface area contributed by atoms with Gasteiger partial charge in [-0.3, -0.25) is 4.79 Å². The van der Waals surface area contributed by atoms with Gasteiger partial charge in [0.1, 0.15) is 28.6 Å². The molecule has 0 bridgehead atoms. The number of methoxy groups -OCH3 is 3. The zero-order valence-corrected chi connectivity index (χ0v) is 19.4. The summed E-state index contributed by atoms with van der Waals surface area (Å²) in [7, 11) is 4.57. The molecule has 1 atom stereocenters. The summed E-state index contributed by atoms with van der Waals surface area (Å²) in [6, 6.07) is 9.25. The van der Waals surface area contributed by atoms with Gasteiger partial charge in [0, 0.05) is 12.1 Å². The monoisotopic (exact) mass is 411 g/mol. The van der Waals surface area contributed by atoms with Gasteiger partial charge in [-0.2, -0.15) is 0 Å². The number of ether oxygens (including phenoxy) is 4. The van der Waals surface area contributed by atoms with Crippen LogP contribution in [-0.2, 0) is 0 Å². The van der Waals surface area contributed by atoms with E-state index < -0.39 is 0 Å². The fraction of sp³-hybridized carbons (Fsp3) is 0.409. The Labute approximate surface area is 187 Å². The largest absolute Gasteiger partial charge is 1.00 e. The van der Waals surface area contributed by atoms with E-state index in [1.807, 2.05) is 25.1 Å². The first-order valence-corrected chi connectivity index (χ1v) is 10.2. The summed E-state index contributed by atoms with van der Waals surface area (Å²) in [4.78, 5) is 13.0. The van der Waals surface area contributed by atoms with Crippen LogP contribution >= 0.6 is 8.58 Å². The van der Waals surface area contributed by atoms with Crippen LogP contribution in [0.5, 0.6) is 23.0 Å². The van der Waals surface area contributed by atoms with Gasteiger partial charge >= 0.3 is 18.9 Å². The first-order chi connectivity index (χ1) is 13.4. The summed E-state index contributed by atoms with van der Waals surface area (Å²) >= 11 is 0. The number of hydrogen-bond acceptors (Lipinski definition) is 5. The van der Waals surface area contributed by atoms with E-state index in [-0.39, 0.29) is 33.0 Å². The second-order valence-electron chi connectivity index (χ2n) is 6.87. The number of benzene rings is 2. The van der Waals surface area contributed by atoms with Crippen molar-refractivity contribution in [2.24, 2.45) is 5.92 Å². The van der Waals surface area contributed by atoms with Crippen molar-refractivity contribution < 1.29 is 42.6 Å². The summed E-state index contributed by atoms with van der Waals surface area (Å²) < 4.78 is 21.9. The molecule has 0 saturated heterocycles. The Bertz CT molecular complexity index is 798. The molecule has 0 N–H and O–H groups in total. The van der Waals surface area contributed by atoms with Gasteiger partial charge in [-0.05, 0) is 50.8 Å². The van der Waals surface area contributed by atoms with Gasteiger partial charge in [-0.1, -0.05) is 19.9 Å². The number of carbonyl (C=O) groups is 1. The molecule has 5 nitrogen and oxygen atoms in total. The van der Waals surface area contributed by atoms with Crippen molar-refractivity contribution in [2.75, 3.05) is 27.9 Å². The topological polar surface area (TPSA) is 54.0 Å². The van der Waals surface area contributed by atoms with Crippen LogP contribution in [0.3, 0.4) is 0 Å². The van der Waals surface area contributed by atoms with Gasteiger partial charge in [0.2, 0.25) is 0 Å². The zero-order chi connectivity index (χ0) is 20.7. The molecule has 0 aliphatic carbocycles. The normalized spacial score (nSPS) is 10.7. The van der Waals surface area contributed by atoms with Gasteiger partial charge in [-0.15, -0.1) is 0 Å². The molecule has 2 rings (SSSR count). The predicted molar refractivity (Wildman–Crippen MR) is 115 cm³/mol. The molecule has 0 fully saturated rings. The third-order valence-corrected chi connectivity index (χ3v) is 5.66. The molecule has 0 aromatic heterocycles. The summed E-state index contributed by atoms with van der Waals surface area (Å²) in [5, 5.41) is 0.973. The molecule has 0 saturated carbocycles. The maximum Gasteiger partial charge on any atom is 1.00 e. The fourth-order valence-electron chi connectivity index (χ4n) is 2.69. The number of carbonyl (C=O) groups excluding carboxylic acids is 1. The van der Waals surface area contributed by atoms with Gasteiger partial charge < -0.3 is 18.9 Å². The quantitative estimate of drug-likeness (QED) is 0.439. The number of hydrogen-bond donors (Lipinski definition) is 0. The van der Waals surface area contributed by atoms with Gasteiger partial charge in [0.05, 0.1) is 27.9 Å². The Kier molecular flexibility index (Phi) is 10.6. The van der Waals surface area contributed by atoms with Crippen molar-refractivity contribution in [2.45, 2.75) is 27.2 Å². The van der Waals surface area contributed by atoms with Crippen LogP contribution in [0, 0.1) is 12.8 Å². The van der Waals surface area contributed by atoms with Crippen molar-refractivity contribution in [1.29, 1.82) is 0 Å². The first kappa shape index (κ1) is 25.4. The molecular weight excluding hydrogens is 382 g/mol. The van der Waals surface area contributed by atoms with Crippen LogP contribution in [-0.4, -0.2) is 33.5 Å². The Hall–Kier alpha value is -1.66. The molecule has 0 amide bonds. The summed E-state index contributed by atoms with van der Waals surface area (Å²) in [6.07, 6.45) is 1.01. The molecule has 0 radical (unpaired) electrons. The third-order valence-electron chi connectivity index (χ3n) is 4.35. The minimum absolute atomic E-state index is 0. The molecule has 1 unspecified atom stereocenters. The Morgan fingerprint density at radius 1 is 0.966 bits per heavy atom. The standard InChI is InChI=1S/C22H29O5P.Li/c1-14(2)9-10-27-16-7-8-20(15(3)11-16)28-22(23)21-18(25-5)12-17(24-4)13-19(21)26-6;/h7-8,11-14,28H,9-10H2,1-6H3;/q;+1. The summed E-state index contributed by atoms with van der Waals surface area (Å²) in [5.74, 6) is 2.90. The van der Waals surface area contributed by atoms with Crippen molar-refractivity contribution in [3.63, 3.8) is 0 Å². The SMILES string of the molecule is COc1cc(OC)c(C(=O)Pc2ccc(OCCC(C)C)cc2C)c(OC)c1.[Li+]. The molecule has 152 valence electrons. The van der Waals surface area contributed by atoms with E-state index >= 15 is 0 Å². The molecule has 7 heteroatoms. The van der Waals surface area contributed by atoms with Gasteiger partial charge in [0.15, 0.2) is 5.52 Å². The number of rotatable bonds is 10. The Morgan fingerprint density at radius 3 is 2.07 bits per heavy atom. The molecule has 0 spiro atoms. The van der Waals surface area contributed by atoms with Crippen LogP contribution in [0.1, 0.15) is 36.2 Å². The second kappa shape index (κ2) is 12.1. The summed E-state index contributed by atoms with van der Waals surface area (Å²) in [5.41, 5.74) is 1.41. The van der Waals surface area contributed by atoms with Crippen molar-refractivity contribution in [1.82, 2.24) is 0 Å². The first-order valence-electron chi connectivity index (χ1n) is 9.24. The Morgan fingerprint density at radius 2 is 1.59 bits per heavy atom. The molecule has 0 aliphatic rings. The predicted octanol–water partition coefficient (Wildman–Crippen LogP) is 1.59. The average Bonchev–Trinajstić information content (AvgIpc) is 2.68. The summed E-state index contributed by atoms with van der Waals surface area (Å²) in [6.45, 7) is 7.03. The van der Waals surface area contributed by atoms with Gasteiger partial charge in [-0.25, -0.2) is 0 Å². The van der Waals surface area contributed by atoms with E-state index in [0.717, 1.165) is 23.0 Å². The van der Waals surface area contributed by atoms with Crippen LogP contribution in [0.25, 0.3) is 0 Å². The molecule has 29 heavy (non-hydrogen) atoms. The molecule has 0 aliphatic heterocycles. The van der Waals surface area contributed by atoms with Crippen LogP contribution < -0.4 is 43.1 Å². The maximum atomic E-state index is 13.0. The molecule has 2 aromatic carbocycles. The van der Waals surface area contributed by atoms with Crippen molar-refractivity contribution in [3.8, 4) is 23.0 Å². The number of aryl methyl sites for hydroxylation is 1. The van der Waals surface area contributed by atoms with Crippen molar-refractivity contribution >= 4 is 19.4 Å². The zero-order valence-electron chi connectivity index (χ0n) is 18.4. The van der Waals surface area contributed by atoms with E-state index in [2.05, 4.69) is 13.8 Å².